The molecular formula is C19H34. The molecule has 0 aromatic rings. The molecule has 0 radical (unpaired) electrons. The Morgan fingerprint density at radius 1 is 0.789 bits per heavy atom. The Hall–Kier alpha value is -0.260. The first-order chi connectivity index (χ1) is 8.97. The molecule has 1 saturated carbocycles. The first kappa shape index (κ1) is 15.1. The average Bonchev–Trinajstić information content (AvgIpc) is 3.21. The number of rotatable bonds is 2. The van der Waals surface area contributed by atoms with E-state index in [1.165, 1.54) is 19.3 Å². The summed E-state index contributed by atoms with van der Waals surface area (Å²) in [4.78, 5) is 0. The molecule has 7 atom stereocenters. The maximum atomic E-state index is 2.60. The highest BCUT2D eigenvalue weighted by atomic mass is 14.4. The van der Waals surface area contributed by atoms with Gasteiger partial charge in [-0.15, -0.1) is 0 Å². The topological polar surface area (TPSA) is 0 Å². The third-order valence-electron chi connectivity index (χ3n) is 6.72. The van der Waals surface area contributed by atoms with Gasteiger partial charge in [-0.05, 0) is 60.2 Å². The predicted molar refractivity (Wildman–Crippen MR) is 85.0 cm³/mol. The van der Waals surface area contributed by atoms with Crippen molar-refractivity contribution in [1.29, 1.82) is 0 Å². The zero-order valence-corrected chi connectivity index (χ0v) is 13.9. The van der Waals surface area contributed by atoms with Gasteiger partial charge >= 0.3 is 0 Å². The highest BCUT2D eigenvalue weighted by molar-refractivity contribution is 5.03. The van der Waals surface area contributed by atoms with Crippen LogP contribution in [-0.2, 0) is 0 Å². The highest BCUT2D eigenvalue weighted by Crippen LogP contribution is 2.48. The molecule has 0 N–H and O–H groups in total. The second kappa shape index (κ2) is 6.02. The van der Waals surface area contributed by atoms with Crippen molar-refractivity contribution in [3.8, 4) is 0 Å². The molecular weight excluding hydrogens is 228 g/mol. The summed E-state index contributed by atoms with van der Waals surface area (Å²) in [6.45, 7) is 14.9. The molecule has 0 nitrogen and oxygen atoms in total. The first-order valence-electron chi connectivity index (χ1n) is 8.65. The Balaban J connectivity index is 2.27. The Kier molecular flexibility index (Phi) is 4.79. The maximum Gasteiger partial charge on any atom is -0.0177 e. The van der Waals surface area contributed by atoms with Gasteiger partial charge in [0.1, 0.15) is 0 Å². The van der Waals surface area contributed by atoms with Crippen molar-refractivity contribution < 1.29 is 0 Å². The van der Waals surface area contributed by atoms with Crippen molar-refractivity contribution in [2.45, 2.75) is 60.8 Å². The fourth-order valence-corrected chi connectivity index (χ4v) is 4.55. The fourth-order valence-electron chi connectivity index (χ4n) is 4.55. The molecule has 0 bridgehead atoms. The van der Waals surface area contributed by atoms with Gasteiger partial charge in [0.25, 0.3) is 0 Å². The van der Waals surface area contributed by atoms with E-state index in [-0.39, 0.29) is 0 Å². The summed E-state index contributed by atoms with van der Waals surface area (Å²) in [6, 6.07) is 0. The normalized spacial score (nSPS) is 48.4. The summed E-state index contributed by atoms with van der Waals surface area (Å²) < 4.78 is 0. The second-order valence-electron chi connectivity index (χ2n) is 7.67. The molecule has 2 rings (SSSR count). The van der Waals surface area contributed by atoms with Gasteiger partial charge in [0.2, 0.25) is 0 Å². The molecule has 0 heterocycles. The lowest BCUT2D eigenvalue weighted by Gasteiger charge is -2.37. The lowest BCUT2D eigenvalue weighted by molar-refractivity contribution is 0.117. The van der Waals surface area contributed by atoms with Crippen molar-refractivity contribution in [2.75, 3.05) is 0 Å². The lowest BCUT2D eigenvalue weighted by Crippen LogP contribution is -2.31. The Labute approximate surface area is 121 Å². The van der Waals surface area contributed by atoms with Crippen LogP contribution in [0.1, 0.15) is 60.8 Å². The third-order valence-corrected chi connectivity index (χ3v) is 6.72. The molecule has 1 fully saturated rings. The van der Waals surface area contributed by atoms with Crippen LogP contribution in [0.3, 0.4) is 0 Å². The third kappa shape index (κ3) is 3.09. The van der Waals surface area contributed by atoms with Gasteiger partial charge in [0, 0.05) is 0 Å². The van der Waals surface area contributed by atoms with Crippen LogP contribution in [0.5, 0.6) is 0 Å². The van der Waals surface area contributed by atoms with Crippen LogP contribution >= 0.6 is 0 Å². The molecule has 2 aliphatic carbocycles. The largest absolute Gasteiger partial charge is 0.0851 e. The Morgan fingerprint density at radius 3 is 1.89 bits per heavy atom. The molecule has 0 heteroatoms. The Bertz CT molecular complexity index is 312. The SMILES string of the molecule is CCC1C(C)C(C)C(C2CC2)C=C[C@@H](C)C(C)C1C. The summed E-state index contributed by atoms with van der Waals surface area (Å²) in [5, 5.41) is 0. The van der Waals surface area contributed by atoms with Gasteiger partial charge in [-0.1, -0.05) is 60.1 Å². The maximum absolute atomic E-state index is 2.60. The van der Waals surface area contributed by atoms with Crippen molar-refractivity contribution in [2.24, 2.45) is 47.3 Å². The monoisotopic (exact) mass is 262 g/mol. The summed E-state index contributed by atoms with van der Waals surface area (Å²) in [6.07, 6.45) is 9.45. The van der Waals surface area contributed by atoms with E-state index in [2.05, 4.69) is 53.7 Å². The van der Waals surface area contributed by atoms with E-state index in [4.69, 9.17) is 0 Å². The first-order valence-corrected chi connectivity index (χ1v) is 8.65. The van der Waals surface area contributed by atoms with Gasteiger partial charge in [-0.25, -0.2) is 0 Å². The molecule has 2 aliphatic rings. The molecule has 0 amide bonds. The number of hydrogen-bond acceptors (Lipinski definition) is 0. The van der Waals surface area contributed by atoms with E-state index in [0.717, 1.165) is 47.3 Å². The standard InChI is InChI=1S/C19H34/c1-7-18-14(4)13(3)12(2)8-11-19(17-9-10-17)16(6)15(18)5/h8,11-19H,7,9-10H2,1-6H3/t12-,13?,14?,15?,16?,18?,19?/m1/s1. The van der Waals surface area contributed by atoms with Crippen LogP contribution in [0.2, 0.25) is 0 Å². The molecule has 6 unspecified atom stereocenters. The van der Waals surface area contributed by atoms with E-state index < -0.39 is 0 Å². The zero-order chi connectivity index (χ0) is 14.2. The second-order valence-corrected chi connectivity index (χ2v) is 7.67. The van der Waals surface area contributed by atoms with Crippen LogP contribution in [0.4, 0.5) is 0 Å². The molecule has 0 spiro atoms. The van der Waals surface area contributed by atoms with Crippen molar-refractivity contribution in [3.63, 3.8) is 0 Å². The van der Waals surface area contributed by atoms with E-state index in [1.807, 2.05) is 0 Å². The molecule has 0 saturated heterocycles. The van der Waals surface area contributed by atoms with Gasteiger partial charge in [-0.2, -0.15) is 0 Å². The van der Waals surface area contributed by atoms with E-state index in [9.17, 15) is 0 Å². The van der Waals surface area contributed by atoms with Crippen LogP contribution in [0, 0.1) is 47.3 Å². The summed E-state index contributed by atoms with van der Waals surface area (Å²) in [5.41, 5.74) is 0. The van der Waals surface area contributed by atoms with Gasteiger partial charge in [0.15, 0.2) is 0 Å². The molecule has 0 aliphatic heterocycles. The van der Waals surface area contributed by atoms with Gasteiger partial charge in [0.05, 0.1) is 0 Å². The van der Waals surface area contributed by atoms with Crippen LogP contribution in [0.15, 0.2) is 12.2 Å². The van der Waals surface area contributed by atoms with Crippen molar-refractivity contribution in [1.82, 2.24) is 0 Å². The minimum Gasteiger partial charge on any atom is -0.0851 e. The Morgan fingerprint density at radius 2 is 1.37 bits per heavy atom. The number of allylic oxidation sites excluding steroid dienone is 2. The summed E-state index contributed by atoms with van der Waals surface area (Å²) in [5.74, 6) is 6.87. The van der Waals surface area contributed by atoms with Crippen LogP contribution < -0.4 is 0 Å². The average molecular weight is 262 g/mol. The predicted octanol–water partition coefficient (Wildman–Crippen LogP) is 5.79. The van der Waals surface area contributed by atoms with Crippen molar-refractivity contribution in [3.05, 3.63) is 12.2 Å². The number of hydrogen-bond donors (Lipinski definition) is 0. The molecule has 0 aromatic carbocycles. The minimum absolute atomic E-state index is 0.739. The van der Waals surface area contributed by atoms with Gasteiger partial charge < -0.3 is 0 Å². The summed E-state index contributed by atoms with van der Waals surface area (Å²) in [7, 11) is 0. The molecule has 110 valence electrons. The van der Waals surface area contributed by atoms with E-state index in [1.54, 1.807) is 0 Å². The lowest BCUT2D eigenvalue weighted by atomic mass is 9.68. The molecule has 19 heavy (non-hydrogen) atoms. The fraction of sp³-hybridized carbons (Fsp3) is 0.895. The zero-order valence-electron chi connectivity index (χ0n) is 13.9. The van der Waals surface area contributed by atoms with E-state index in [0.29, 0.717) is 0 Å². The van der Waals surface area contributed by atoms with E-state index >= 15 is 0 Å². The quantitative estimate of drug-likeness (QED) is 0.553. The van der Waals surface area contributed by atoms with Crippen LogP contribution in [-0.4, -0.2) is 0 Å². The highest BCUT2D eigenvalue weighted by Gasteiger charge is 2.39. The minimum atomic E-state index is 0.739. The smallest absolute Gasteiger partial charge is 0.0177 e. The summed E-state index contributed by atoms with van der Waals surface area (Å²) >= 11 is 0. The molecule has 0 aromatic heterocycles. The van der Waals surface area contributed by atoms with Crippen LogP contribution in [0.25, 0.3) is 0 Å². The van der Waals surface area contributed by atoms with Gasteiger partial charge in [-0.3, -0.25) is 0 Å². The van der Waals surface area contributed by atoms with Crippen molar-refractivity contribution >= 4 is 0 Å².